The summed E-state index contributed by atoms with van der Waals surface area (Å²) < 4.78 is 29.5. The molecule has 2 fully saturated rings. The van der Waals surface area contributed by atoms with E-state index in [4.69, 9.17) is 4.74 Å². The molecule has 1 N–H and O–H groups in total. The molecule has 28 heavy (non-hydrogen) atoms. The maximum Gasteiger partial charge on any atom is 0.193 e. The van der Waals surface area contributed by atoms with Gasteiger partial charge in [0.15, 0.2) is 15.8 Å². The average Bonchev–Trinajstić information content (AvgIpc) is 2.70. The molecule has 2 aliphatic heterocycles. The zero-order chi connectivity index (χ0) is 20.0. The number of rotatable bonds is 5. The molecule has 3 rings (SSSR count). The van der Waals surface area contributed by atoms with E-state index in [9.17, 15) is 8.42 Å². The standard InChI is InChI=1S/C21H33N3O3S/c1-22-20(23-17-21(28(2,25)26)10-14-27-15-11-21)24-12-8-19(9-13-24)16-18-6-4-3-5-7-18/h3-7,19H,8-17H2,1-2H3,(H,22,23). The summed E-state index contributed by atoms with van der Waals surface area (Å²) in [5.41, 5.74) is 1.40. The molecule has 1 aromatic rings. The van der Waals surface area contributed by atoms with Crippen LogP contribution in [0.2, 0.25) is 0 Å². The van der Waals surface area contributed by atoms with Gasteiger partial charge in [0.25, 0.3) is 0 Å². The molecule has 1 aromatic carbocycles. The van der Waals surface area contributed by atoms with Crippen LogP contribution in [0.3, 0.4) is 0 Å². The fraction of sp³-hybridized carbons (Fsp3) is 0.667. The van der Waals surface area contributed by atoms with E-state index < -0.39 is 14.6 Å². The van der Waals surface area contributed by atoms with Gasteiger partial charge >= 0.3 is 0 Å². The number of benzene rings is 1. The summed E-state index contributed by atoms with van der Waals surface area (Å²) >= 11 is 0. The molecule has 0 radical (unpaired) electrons. The molecule has 0 aromatic heterocycles. The van der Waals surface area contributed by atoms with Gasteiger partial charge in [0.2, 0.25) is 0 Å². The summed E-state index contributed by atoms with van der Waals surface area (Å²) in [7, 11) is -1.41. The van der Waals surface area contributed by atoms with E-state index in [1.54, 1.807) is 7.05 Å². The van der Waals surface area contributed by atoms with Crippen LogP contribution in [0.25, 0.3) is 0 Å². The van der Waals surface area contributed by atoms with Crippen molar-refractivity contribution < 1.29 is 13.2 Å². The minimum absolute atomic E-state index is 0.395. The summed E-state index contributed by atoms with van der Waals surface area (Å²) in [6.07, 6.45) is 5.79. The Hall–Kier alpha value is -1.60. The van der Waals surface area contributed by atoms with Gasteiger partial charge < -0.3 is 15.0 Å². The average molecular weight is 408 g/mol. The summed E-state index contributed by atoms with van der Waals surface area (Å²) in [4.78, 5) is 6.68. The minimum atomic E-state index is -3.18. The summed E-state index contributed by atoms with van der Waals surface area (Å²) in [5, 5.41) is 3.36. The third kappa shape index (κ3) is 5.06. The summed E-state index contributed by atoms with van der Waals surface area (Å²) in [6.45, 7) is 3.29. The van der Waals surface area contributed by atoms with E-state index in [0.29, 0.717) is 38.5 Å². The molecule has 0 bridgehead atoms. The lowest BCUT2D eigenvalue weighted by molar-refractivity contribution is 0.0754. The van der Waals surface area contributed by atoms with E-state index in [-0.39, 0.29) is 0 Å². The molecule has 6 nitrogen and oxygen atoms in total. The molecule has 0 unspecified atom stereocenters. The molecule has 0 spiro atoms. The Morgan fingerprint density at radius 2 is 1.86 bits per heavy atom. The van der Waals surface area contributed by atoms with Crippen LogP contribution in [0.5, 0.6) is 0 Å². The number of piperidine rings is 1. The molecular formula is C21H33N3O3S. The van der Waals surface area contributed by atoms with Crippen molar-refractivity contribution in [1.29, 1.82) is 0 Å². The number of hydrogen-bond donors (Lipinski definition) is 1. The van der Waals surface area contributed by atoms with Gasteiger partial charge in [0, 0.05) is 46.2 Å². The van der Waals surface area contributed by atoms with Crippen molar-refractivity contribution >= 4 is 15.8 Å². The van der Waals surface area contributed by atoms with Gasteiger partial charge in [-0.25, -0.2) is 8.42 Å². The van der Waals surface area contributed by atoms with Crippen molar-refractivity contribution in [3.8, 4) is 0 Å². The molecule has 0 amide bonds. The van der Waals surface area contributed by atoms with Crippen molar-refractivity contribution in [2.24, 2.45) is 10.9 Å². The lowest BCUT2D eigenvalue weighted by Crippen LogP contribution is -2.55. The van der Waals surface area contributed by atoms with Crippen molar-refractivity contribution in [2.45, 2.75) is 36.9 Å². The first-order valence-electron chi connectivity index (χ1n) is 10.2. The molecule has 7 heteroatoms. The number of ether oxygens (including phenoxy) is 1. The predicted octanol–water partition coefficient (Wildman–Crippen LogP) is 2.11. The van der Waals surface area contributed by atoms with Crippen LogP contribution in [-0.4, -0.2) is 70.2 Å². The maximum absolute atomic E-state index is 12.5. The SMILES string of the molecule is CN=C(NCC1(S(C)(=O)=O)CCOCC1)N1CCC(Cc2ccccc2)CC1. The number of sulfone groups is 1. The quantitative estimate of drug-likeness (QED) is 0.598. The monoisotopic (exact) mass is 407 g/mol. The number of aliphatic imine (C=N–C) groups is 1. The first-order valence-corrected chi connectivity index (χ1v) is 12.1. The van der Waals surface area contributed by atoms with Crippen molar-refractivity contribution in [1.82, 2.24) is 10.2 Å². The zero-order valence-corrected chi connectivity index (χ0v) is 17.9. The van der Waals surface area contributed by atoms with Gasteiger partial charge in [0.1, 0.15) is 0 Å². The van der Waals surface area contributed by atoms with Crippen LogP contribution in [0.15, 0.2) is 35.3 Å². The minimum Gasteiger partial charge on any atom is -0.381 e. The highest BCUT2D eigenvalue weighted by atomic mass is 32.2. The maximum atomic E-state index is 12.5. The van der Waals surface area contributed by atoms with Crippen molar-refractivity contribution in [2.75, 3.05) is 46.2 Å². The van der Waals surface area contributed by atoms with Gasteiger partial charge in [-0.15, -0.1) is 0 Å². The van der Waals surface area contributed by atoms with E-state index >= 15 is 0 Å². The van der Waals surface area contributed by atoms with Crippen LogP contribution >= 0.6 is 0 Å². The van der Waals surface area contributed by atoms with Crippen LogP contribution in [0.1, 0.15) is 31.2 Å². The lowest BCUT2D eigenvalue weighted by atomic mass is 9.90. The number of likely N-dealkylation sites (tertiary alicyclic amines) is 1. The Morgan fingerprint density at radius 1 is 1.21 bits per heavy atom. The Bertz CT molecular complexity index is 750. The number of nitrogens with one attached hydrogen (secondary N) is 1. The normalized spacial score (nSPS) is 21.5. The Morgan fingerprint density at radius 3 is 2.43 bits per heavy atom. The molecular weight excluding hydrogens is 374 g/mol. The van der Waals surface area contributed by atoms with Crippen LogP contribution < -0.4 is 5.32 Å². The van der Waals surface area contributed by atoms with Crippen molar-refractivity contribution in [3.63, 3.8) is 0 Å². The molecule has 2 aliphatic rings. The van der Waals surface area contributed by atoms with Crippen LogP contribution in [0, 0.1) is 5.92 Å². The fourth-order valence-electron chi connectivity index (χ4n) is 4.29. The second kappa shape index (κ2) is 9.27. The highest BCUT2D eigenvalue weighted by molar-refractivity contribution is 7.92. The highest BCUT2D eigenvalue weighted by Gasteiger charge is 2.42. The third-order valence-electron chi connectivity index (χ3n) is 6.25. The summed E-state index contributed by atoms with van der Waals surface area (Å²) in [6, 6.07) is 10.7. The van der Waals surface area contributed by atoms with Gasteiger partial charge in [-0.1, -0.05) is 30.3 Å². The van der Waals surface area contributed by atoms with E-state index in [1.165, 1.54) is 11.8 Å². The van der Waals surface area contributed by atoms with Crippen molar-refractivity contribution in [3.05, 3.63) is 35.9 Å². The molecule has 0 aliphatic carbocycles. The number of nitrogens with zero attached hydrogens (tertiary/aromatic N) is 2. The van der Waals surface area contributed by atoms with E-state index in [1.807, 2.05) is 0 Å². The predicted molar refractivity (Wildman–Crippen MR) is 113 cm³/mol. The fourth-order valence-corrected chi connectivity index (χ4v) is 5.53. The second-order valence-corrected chi connectivity index (χ2v) is 10.5. The van der Waals surface area contributed by atoms with Gasteiger partial charge in [0.05, 0.1) is 4.75 Å². The van der Waals surface area contributed by atoms with Gasteiger partial charge in [-0.05, 0) is 43.6 Å². The first kappa shape index (κ1) is 21.1. The van der Waals surface area contributed by atoms with E-state index in [2.05, 4.69) is 45.5 Å². The second-order valence-electron chi connectivity index (χ2n) is 8.09. The largest absolute Gasteiger partial charge is 0.381 e. The molecule has 0 saturated carbocycles. The van der Waals surface area contributed by atoms with E-state index in [0.717, 1.165) is 38.3 Å². The topological polar surface area (TPSA) is 71.0 Å². The van der Waals surface area contributed by atoms with Gasteiger partial charge in [-0.2, -0.15) is 0 Å². The highest BCUT2D eigenvalue weighted by Crippen LogP contribution is 2.29. The lowest BCUT2D eigenvalue weighted by Gasteiger charge is -2.38. The van der Waals surface area contributed by atoms with Crippen LogP contribution in [-0.2, 0) is 21.0 Å². The third-order valence-corrected chi connectivity index (χ3v) is 8.38. The molecule has 2 heterocycles. The Kier molecular flexibility index (Phi) is 6.99. The van der Waals surface area contributed by atoms with Crippen LogP contribution in [0.4, 0.5) is 0 Å². The number of hydrogen-bond acceptors (Lipinski definition) is 4. The zero-order valence-electron chi connectivity index (χ0n) is 17.1. The smallest absolute Gasteiger partial charge is 0.193 e. The molecule has 156 valence electrons. The first-order chi connectivity index (χ1) is 13.4. The number of guanidine groups is 1. The molecule has 0 atom stereocenters. The Labute approximate surface area is 169 Å². The molecule has 2 saturated heterocycles. The summed E-state index contributed by atoms with van der Waals surface area (Å²) in [5.74, 6) is 1.50. The Balaban J connectivity index is 1.54. The van der Waals surface area contributed by atoms with Gasteiger partial charge in [-0.3, -0.25) is 4.99 Å².